The Balaban J connectivity index is 2.36. The molecule has 0 bridgehead atoms. The van der Waals surface area contributed by atoms with Crippen LogP contribution in [0, 0.1) is 10.1 Å². The summed E-state index contributed by atoms with van der Waals surface area (Å²) < 4.78 is 0. The van der Waals surface area contributed by atoms with E-state index in [1.54, 1.807) is 18.2 Å². The minimum absolute atomic E-state index is 0.0800. The van der Waals surface area contributed by atoms with Gasteiger partial charge in [-0.05, 0) is 18.2 Å². The molecule has 108 valence electrons. The van der Waals surface area contributed by atoms with Crippen molar-refractivity contribution < 1.29 is 9.72 Å². The van der Waals surface area contributed by atoms with Crippen LogP contribution in [0.1, 0.15) is 10.4 Å². The van der Waals surface area contributed by atoms with Crippen molar-refractivity contribution in [3.63, 3.8) is 0 Å². The Hall–Kier alpha value is -2.67. The van der Waals surface area contributed by atoms with Crippen LogP contribution >= 0.6 is 11.6 Å². The largest absolute Gasteiger partial charge is 0.381 e. The molecule has 2 rings (SSSR count). The van der Waals surface area contributed by atoms with E-state index < -0.39 is 10.8 Å². The molecular formula is C13H11ClN4O3. The molecule has 1 aromatic carbocycles. The minimum atomic E-state index is -0.602. The highest BCUT2D eigenvalue weighted by Gasteiger charge is 2.20. The summed E-state index contributed by atoms with van der Waals surface area (Å²) in [7, 11) is 1.52. The lowest BCUT2D eigenvalue weighted by molar-refractivity contribution is -0.383. The van der Waals surface area contributed by atoms with E-state index in [1.165, 1.54) is 19.3 Å². The molecule has 7 nitrogen and oxygen atoms in total. The maximum absolute atomic E-state index is 12.1. The summed E-state index contributed by atoms with van der Waals surface area (Å²) in [6.45, 7) is 0. The second-order valence-electron chi connectivity index (χ2n) is 4.03. The number of carbonyl (C=O) groups excluding carboxylic acids is 1. The number of nitrogens with one attached hydrogen (secondary N) is 2. The number of halogens is 1. The van der Waals surface area contributed by atoms with Gasteiger partial charge in [-0.1, -0.05) is 17.7 Å². The molecule has 0 aliphatic carbocycles. The van der Waals surface area contributed by atoms with Crippen molar-refractivity contribution in [2.75, 3.05) is 17.7 Å². The predicted octanol–water partition coefficient (Wildman–Crippen LogP) is 2.94. The van der Waals surface area contributed by atoms with Crippen molar-refractivity contribution in [3.8, 4) is 0 Å². The van der Waals surface area contributed by atoms with Gasteiger partial charge in [-0.2, -0.15) is 0 Å². The van der Waals surface area contributed by atoms with E-state index in [2.05, 4.69) is 15.6 Å². The first kappa shape index (κ1) is 14.7. The number of benzene rings is 1. The Morgan fingerprint density at radius 3 is 2.71 bits per heavy atom. The number of nitro groups is 1. The first-order chi connectivity index (χ1) is 10.0. The number of aromatic nitrogens is 1. The van der Waals surface area contributed by atoms with Crippen LogP contribution in [-0.4, -0.2) is 22.9 Å². The molecule has 0 saturated heterocycles. The average Bonchev–Trinajstić information content (AvgIpc) is 2.47. The van der Waals surface area contributed by atoms with Crippen LogP contribution in [0.15, 0.2) is 36.5 Å². The van der Waals surface area contributed by atoms with Gasteiger partial charge in [-0.25, -0.2) is 4.98 Å². The summed E-state index contributed by atoms with van der Waals surface area (Å²) in [5.74, 6) is -0.180. The Labute approximate surface area is 125 Å². The molecule has 1 heterocycles. The molecule has 8 heteroatoms. The first-order valence-corrected chi connectivity index (χ1v) is 6.29. The molecule has 0 radical (unpaired) electrons. The number of amides is 1. The highest BCUT2D eigenvalue weighted by Crippen LogP contribution is 2.33. The van der Waals surface area contributed by atoms with E-state index in [-0.39, 0.29) is 22.0 Å². The minimum Gasteiger partial charge on any atom is -0.381 e. The lowest BCUT2D eigenvalue weighted by Crippen LogP contribution is -2.13. The number of nitrogens with zero attached hydrogens (tertiary/aromatic N) is 2. The Kier molecular flexibility index (Phi) is 4.34. The Bertz CT molecular complexity index is 691. The number of carbonyl (C=O) groups is 1. The van der Waals surface area contributed by atoms with Gasteiger partial charge in [-0.3, -0.25) is 14.9 Å². The van der Waals surface area contributed by atoms with E-state index in [4.69, 9.17) is 11.6 Å². The molecular weight excluding hydrogens is 296 g/mol. The molecule has 0 aliphatic heterocycles. The lowest BCUT2D eigenvalue weighted by atomic mass is 10.1. The van der Waals surface area contributed by atoms with Gasteiger partial charge in [0.2, 0.25) is 0 Å². The summed E-state index contributed by atoms with van der Waals surface area (Å²) >= 11 is 5.96. The second kappa shape index (κ2) is 6.19. The van der Waals surface area contributed by atoms with Crippen molar-refractivity contribution in [2.45, 2.75) is 0 Å². The van der Waals surface area contributed by atoms with E-state index in [0.717, 1.165) is 6.07 Å². The Morgan fingerprint density at radius 2 is 2.14 bits per heavy atom. The highest BCUT2D eigenvalue weighted by molar-refractivity contribution is 6.34. The summed E-state index contributed by atoms with van der Waals surface area (Å²) in [6.07, 6.45) is 1.52. The number of pyridine rings is 1. The number of anilines is 2. The van der Waals surface area contributed by atoms with Gasteiger partial charge in [0.05, 0.1) is 9.95 Å². The Morgan fingerprint density at radius 1 is 1.38 bits per heavy atom. The molecule has 0 fully saturated rings. The molecule has 0 saturated carbocycles. The maximum Gasteiger partial charge on any atom is 0.294 e. The maximum atomic E-state index is 12.1. The van der Waals surface area contributed by atoms with Crippen LogP contribution < -0.4 is 10.6 Å². The van der Waals surface area contributed by atoms with Gasteiger partial charge in [0.15, 0.2) is 0 Å². The van der Waals surface area contributed by atoms with Crippen molar-refractivity contribution in [1.82, 2.24) is 4.98 Å². The predicted molar refractivity (Wildman–Crippen MR) is 79.8 cm³/mol. The fraction of sp³-hybridized carbons (Fsp3) is 0.0769. The van der Waals surface area contributed by atoms with Crippen LogP contribution in [-0.2, 0) is 0 Å². The van der Waals surface area contributed by atoms with Gasteiger partial charge >= 0.3 is 0 Å². The zero-order chi connectivity index (χ0) is 15.4. The SMILES string of the molecule is CNc1c(Cl)cc(C(=O)Nc2ccccn2)cc1[N+](=O)[O-]. The monoisotopic (exact) mass is 306 g/mol. The standard InChI is InChI=1S/C13H11ClN4O3/c1-15-12-9(14)6-8(7-10(12)18(20)21)13(19)17-11-4-2-3-5-16-11/h2-7,15H,1H3,(H,16,17,19). The molecule has 0 aliphatic rings. The van der Waals surface area contributed by atoms with E-state index in [0.29, 0.717) is 5.82 Å². The van der Waals surface area contributed by atoms with Crippen LogP contribution in [0.3, 0.4) is 0 Å². The number of hydrogen-bond donors (Lipinski definition) is 2. The quantitative estimate of drug-likeness (QED) is 0.668. The molecule has 0 atom stereocenters. The van der Waals surface area contributed by atoms with Crippen molar-refractivity contribution in [1.29, 1.82) is 0 Å². The zero-order valence-electron chi connectivity index (χ0n) is 11.0. The molecule has 2 aromatic rings. The summed E-state index contributed by atoms with van der Waals surface area (Å²) in [6, 6.07) is 7.55. The van der Waals surface area contributed by atoms with Gasteiger partial charge in [0.25, 0.3) is 11.6 Å². The first-order valence-electron chi connectivity index (χ1n) is 5.91. The highest BCUT2D eigenvalue weighted by atomic mass is 35.5. The molecule has 1 aromatic heterocycles. The number of nitro benzene ring substituents is 1. The summed E-state index contributed by atoms with van der Waals surface area (Å²) in [5, 5.41) is 16.3. The van der Waals surface area contributed by atoms with E-state index in [1.807, 2.05) is 0 Å². The van der Waals surface area contributed by atoms with E-state index in [9.17, 15) is 14.9 Å². The van der Waals surface area contributed by atoms with E-state index >= 15 is 0 Å². The smallest absolute Gasteiger partial charge is 0.294 e. The van der Waals surface area contributed by atoms with Gasteiger partial charge < -0.3 is 10.6 Å². The fourth-order valence-electron chi connectivity index (χ4n) is 1.74. The third-order valence-electron chi connectivity index (χ3n) is 2.68. The van der Waals surface area contributed by atoms with Crippen LogP contribution in [0.2, 0.25) is 5.02 Å². The number of hydrogen-bond acceptors (Lipinski definition) is 5. The lowest BCUT2D eigenvalue weighted by Gasteiger charge is -2.08. The number of rotatable bonds is 4. The van der Waals surface area contributed by atoms with Gasteiger partial charge in [0.1, 0.15) is 11.5 Å². The molecule has 1 amide bonds. The van der Waals surface area contributed by atoms with Crippen LogP contribution in [0.25, 0.3) is 0 Å². The van der Waals surface area contributed by atoms with Gasteiger partial charge in [0, 0.05) is 24.9 Å². The molecule has 0 unspecified atom stereocenters. The average molecular weight is 307 g/mol. The third-order valence-corrected chi connectivity index (χ3v) is 2.98. The molecule has 0 spiro atoms. The topological polar surface area (TPSA) is 97.2 Å². The van der Waals surface area contributed by atoms with Crippen molar-refractivity contribution >= 4 is 34.7 Å². The molecule has 2 N–H and O–H groups in total. The van der Waals surface area contributed by atoms with Crippen molar-refractivity contribution in [2.24, 2.45) is 0 Å². The summed E-state index contributed by atoms with van der Waals surface area (Å²) in [4.78, 5) is 26.5. The fourth-order valence-corrected chi connectivity index (χ4v) is 2.05. The zero-order valence-corrected chi connectivity index (χ0v) is 11.7. The van der Waals surface area contributed by atoms with Crippen LogP contribution in [0.4, 0.5) is 17.2 Å². The second-order valence-corrected chi connectivity index (χ2v) is 4.44. The normalized spacial score (nSPS) is 10.0. The molecule has 21 heavy (non-hydrogen) atoms. The van der Waals surface area contributed by atoms with Gasteiger partial charge in [-0.15, -0.1) is 0 Å². The van der Waals surface area contributed by atoms with Crippen LogP contribution in [0.5, 0.6) is 0 Å². The van der Waals surface area contributed by atoms with Crippen molar-refractivity contribution in [3.05, 3.63) is 57.2 Å². The summed E-state index contributed by atoms with van der Waals surface area (Å²) in [5.41, 5.74) is -0.0245. The third kappa shape index (κ3) is 3.26.